The number of ether oxygens (including phenoxy) is 1. The first-order valence-corrected chi connectivity index (χ1v) is 10.9. The van der Waals surface area contributed by atoms with Gasteiger partial charge in [0.05, 0.1) is 30.1 Å². The lowest BCUT2D eigenvalue weighted by molar-refractivity contribution is -0.126. The van der Waals surface area contributed by atoms with Crippen molar-refractivity contribution in [2.75, 3.05) is 17.3 Å². The molecule has 2 amide bonds. The van der Waals surface area contributed by atoms with Gasteiger partial charge in [0.25, 0.3) is 0 Å². The van der Waals surface area contributed by atoms with Gasteiger partial charge in [0.15, 0.2) is 0 Å². The van der Waals surface area contributed by atoms with Crippen LogP contribution in [0.1, 0.15) is 24.4 Å². The van der Waals surface area contributed by atoms with E-state index >= 15 is 0 Å². The Morgan fingerprint density at radius 3 is 2.48 bits per heavy atom. The molecule has 7 nitrogen and oxygen atoms in total. The minimum Gasteiger partial charge on any atom is -0.497 e. The number of para-hydroxylation sites is 2. The number of imidazole rings is 1. The summed E-state index contributed by atoms with van der Waals surface area (Å²) in [5.74, 6) is 0.482. The average molecular weight is 441 g/mol. The number of fused-ring (bicyclic) bond motifs is 1. The van der Waals surface area contributed by atoms with Crippen molar-refractivity contribution < 1.29 is 14.3 Å². The monoisotopic (exact) mass is 440 g/mol. The summed E-state index contributed by atoms with van der Waals surface area (Å²) >= 11 is 0. The zero-order valence-corrected chi connectivity index (χ0v) is 18.2. The number of aromatic nitrogens is 2. The molecular weight excluding hydrogens is 416 g/mol. The second-order valence-corrected chi connectivity index (χ2v) is 8.05. The molecule has 0 spiro atoms. The number of methoxy groups -OCH3 is 1. The standard InChI is InChI=1S/C26H24N4O3/c1-33-19-13-11-18(12-14-19)30-23(31)16-15-20(24(30)17-7-3-2-4-8-17)25(32)29-26-27-21-9-5-6-10-22(21)28-26/h2-14,20,24H,15-16H2,1H3,(H2,27,28,29,32)/t20-,24+/m1/s1. The number of nitrogens with one attached hydrogen (secondary N) is 2. The van der Waals surface area contributed by atoms with E-state index < -0.39 is 12.0 Å². The molecule has 33 heavy (non-hydrogen) atoms. The van der Waals surface area contributed by atoms with Gasteiger partial charge < -0.3 is 14.6 Å². The summed E-state index contributed by atoms with van der Waals surface area (Å²) in [4.78, 5) is 36.0. The van der Waals surface area contributed by atoms with Crippen LogP contribution in [-0.4, -0.2) is 28.9 Å². The molecule has 3 aromatic carbocycles. The first-order chi connectivity index (χ1) is 16.1. The first kappa shape index (κ1) is 20.8. The van der Waals surface area contributed by atoms with Crippen LogP contribution in [0.15, 0.2) is 78.9 Å². The van der Waals surface area contributed by atoms with E-state index in [1.165, 1.54) is 0 Å². The van der Waals surface area contributed by atoms with E-state index in [0.717, 1.165) is 22.3 Å². The van der Waals surface area contributed by atoms with Crippen molar-refractivity contribution in [3.8, 4) is 5.75 Å². The lowest BCUT2D eigenvalue weighted by atomic mass is 9.83. The van der Waals surface area contributed by atoms with Crippen LogP contribution in [0.2, 0.25) is 0 Å². The second kappa shape index (κ2) is 8.78. The second-order valence-electron chi connectivity index (χ2n) is 8.05. The fourth-order valence-corrected chi connectivity index (χ4v) is 4.47. The zero-order chi connectivity index (χ0) is 22.8. The van der Waals surface area contributed by atoms with Crippen LogP contribution < -0.4 is 15.0 Å². The molecule has 0 saturated carbocycles. The first-order valence-electron chi connectivity index (χ1n) is 10.9. The predicted octanol–water partition coefficient (Wildman–Crippen LogP) is 4.69. The smallest absolute Gasteiger partial charge is 0.232 e. The third-order valence-corrected chi connectivity index (χ3v) is 6.06. The fourth-order valence-electron chi connectivity index (χ4n) is 4.47. The van der Waals surface area contributed by atoms with Crippen LogP contribution in [0.3, 0.4) is 0 Å². The van der Waals surface area contributed by atoms with E-state index in [2.05, 4.69) is 15.3 Å². The molecule has 0 radical (unpaired) electrons. The number of hydrogen-bond donors (Lipinski definition) is 2. The molecule has 7 heteroatoms. The average Bonchev–Trinajstić information content (AvgIpc) is 3.26. The van der Waals surface area contributed by atoms with Gasteiger partial charge in [0.2, 0.25) is 17.8 Å². The van der Waals surface area contributed by atoms with Crippen LogP contribution in [0, 0.1) is 5.92 Å². The SMILES string of the molecule is COc1ccc(N2C(=O)CC[C@@H](C(=O)Nc3nc4ccccc4[nH]3)[C@@H]2c2ccccc2)cc1. The number of piperidine rings is 1. The Balaban J connectivity index is 1.50. The molecule has 1 aliphatic rings. The third kappa shape index (κ3) is 4.05. The van der Waals surface area contributed by atoms with Gasteiger partial charge in [-0.05, 0) is 48.4 Å². The van der Waals surface area contributed by atoms with Crippen molar-refractivity contribution in [2.45, 2.75) is 18.9 Å². The number of H-pyrrole nitrogens is 1. The molecule has 1 aliphatic heterocycles. The van der Waals surface area contributed by atoms with Gasteiger partial charge in [-0.15, -0.1) is 0 Å². The Labute approximate surface area is 191 Å². The highest BCUT2D eigenvalue weighted by Gasteiger charge is 2.41. The molecule has 2 N–H and O–H groups in total. The Bertz CT molecular complexity index is 1250. The van der Waals surface area contributed by atoms with Crippen molar-refractivity contribution in [3.05, 3.63) is 84.4 Å². The highest BCUT2D eigenvalue weighted by molar-refractivity contribution is 6.00. The summed E-state index contributed by atoms with van der Waals surface area (Å²) in [7, 11) is 1.60. The molecule has 2 atom stereocenters. The summed E-state index contributed by atoms with van der Waals surface area (Å²) in [6, 6.07) is 24.2. The Kier molecular flexibility index (Phi) is 5.52. The Hall–Kier alpha value is -4.13. The summed E-state index contributed by atoms with van der Waals surface area (Å²) in [5, 5.41) is 2.94. The van der Waals surface area contributed by atoms with Crippen molar-refractivity contribution in [1.29, 1.82) is 0 Å². The predicted molar refractivity (Wildman–Crippen MR) is 127 cm³/mol. The summed E-state index contributed by atoms with van der Waals surface area (Å²) in [6.07, 6.45) is 0.741. The fraction of sp³-hybridized carbons (Fsp3) is 0.192. The van der Waals surface area contributed by atoms with Crippen molar-refractivity contribution >= 4 is 34.5 Å². The van der Waals surface area contributed by atoms with E-state index in [9.17, 15) is 9.59 Å². The highest BCUT2D eigenvalue weighted by Crippen LogP contribution is 2.40. The number of benzene rings is 3. The zero-order valence-electron chi connectivity index (χ0n) is 18.2. The molecule has 0 aliphatic carbocycles. The lowest BCUT2D eigenvalue weighted by Crippen LogP contribution is -2.47. The minimum atomic E-state index is -0.444. The Morgan fingerprint density at radius 1 is 1.03 bits per heavy atom. The minimum absolute atomic E-state index is 0.0122. The van der Waals surface area contributed by atoms with Gasteiger partial charge in [-0.1, -0.05) is 42.5 Å². The van der Waals surface area contributed by atoms with Crippen LogP contribution in [0.5, 0.6) is 5.75 Å². The number of nitrogens with zero attached hydrogens (tertiary/aromatic N) is 2. The molecule has 4 aromatic rings. The summed E-state index contributed by atoms with van der Waals surface area (Å²) < 4.78 is 5.27. The van der Waals surface area contributed by atoms with Gasteiger partial charge in [0, 0.05) is 12.1 Å². The highest BCUT2D eigenvalue weighted by atomic mass is 16.5. The van der Waals surface area contributed by atoms with Crippen LogP contribution >= 0.6 is 0 Å². The molecule has 5 rings (SSSR count). The third-order valence-electron chi connectivity index (χ3n) is 6.06. The number of rotatable bonds is 5. The van der Waals surface area contributed by atoms with E-state index in [0.29, 0.717) is 18.1 Å². The molecule has 1 fully saturated rings. The summed E-state index contributed by atoms with van der Waals surface area (Å²) in [6.45, 7) is 0. The van der Waals surface area contributed by atoms with Crippen molar-refractivity contribution in [3.63, 3.8) is 0 Å². The number of anilines is 2. The number of hydrogen-bond acceptors (Lipinski definition) is 4. The number of carbonyl (C=O) groups is 2. The number of aromatic amines is 1. The van der Waals surface area contributed by atoms with Gasteiger partial charge in [-0.25, -0.2) is 4.98 Å². The number of amides is 2. The molecule has 2 heterocycles. The number of carbonyl (C=O) groups excluding carboxylic acids is 2. The maximum Gasteiger partial charge on any atom is 0.232 e. The van der Waals surface area contributed by atoms with Crippen molar-refractivity contribution in [2.24, 2.45) is 5.92 Å². The topological polar surface area (TPSA) is 87.3 Å². The van der Waals surface area contributed by atoms with E-state index in [1.807, 2.05) is 78.9 Å². The molecule has 1 aromatic heterocycles. The summed E-state index contributed by atoms with van der Waals surface area (Å²) in [5.41, 5.74) is 3.28. The molecule has 166 valence electrons. The molecular formula is C26H24N4O3. The van der Waals surface area contributed by atoms with E-state index in [-0.39, 0.29) is 18.2 Å². The largest absolute Gasteiger partial charge is 0.497 e. The quantitative estimate of drug-likeness (QED) is 0.471. The van der Waals surface area contributed by atoms with E-state index in [4.69, 9.17) is 4.74 Å². The molecule has 1 saturated heterocycles. The van der Waals surface area contributed by atoms with Crippen LogP contribution in [0.4, 0.5) is 11.6 Å². The molecule has 0 bridgehead atoms. The van der Waals surface area contributed by atoms with E-state index in [1.54, 1.807) is 12.0 Å². The normalized spacial score (nSPS) is 18.3. The maximum absolute atomic E-state index is 13.5. The van der Waals surface area contributed by atoms with Crippen LogP contribution in [0.25, 0.3) is 11.0 Å². The maximum atomic E-state index is 13.5. The lowest BCUT2D eigenvalue weighted by Gasteiger charge is -2.40. The van der Waals surface area contributed by atoms with Crippen LogP contribution in [-0.2, 0) is 9.59 Å². The van der Waals surface area contributed by atoms with Crippen molar-refractivity contribution in [1.82, 2.24) is 9.97 Å². The van der Waals surface area contributed by atoms with Gasteiger partial charge in [0.1, 0.15) is 5.75 Å². The Morgan fingerprint density at radius 2 is 1.76 bits per heavy atom. The van der Waals surface area contributed by atoms with Gasteiger partial charge in [-0.3, -0.25) is 14.9 Å². The van der Waals surface area contributed by atoms with Gasteiger partial charge in [-0.2, -0.15) is 0 Å². The van der Waals surface area contributed by atoms with Gasteiger partial charge >= 0.3 is 0 Å². The molecule has 0 unspecified atom stereocenters.